The molecule has 1 saturated carbocycles. The Hall–Kier alpha value is -0.940. The monoisotopic (exact) mass is 267 g/mol. The molecule has 0 aliphatic heterocycles. The van der Waals surface area contributed by atoms with Crippen molar-refractivity contribution in [2.75, 3.05) is 13.2 Å². The van der Waals surface area contributed by atoms with Crippen molar-refractivity contribution in [3.63, 3.8) is 0 Å². The Bertz CT molecular complexity index is 394. The number of hydrogen-bond donors (Lipinski definition) is 1. The molecule has 0 saturated heterocycles. The van der Waals surface area contributed by atoms with E-state index in [1.807, 2.05) is 0 Å². The first kappa shape index (κ1) is 14.5. The molecule has 1 aliphatic carbocycles. The molecule has 19 heavy (non-hydrogen) atoms. The van der Waals surface area contributed by atoms with Crippen LogP contribution in [0.2, 0.25) is 0 Å². The van der Waals surface area contributed by atoms with Gasteiger partial charge in [-0.3, -0.25) is 4.90 Å². The molecule has 5 heteroatoms. The summed E-state index contributed by atoms with van der Waals surface area (Å²) in [5.41, 5.74) is -0.0752. The second-order valence-corrected chi connectivity index (χ2v) is 6.39. The number of hydrogen-bond acceptors (Lipinski definition) is 5. The molecule has 2 rings (SSSR count). The van der Waals surface area contributed by atoms with E-state index >= 15 is 0 Å². The number of aliphatic hydroxyl groups is 1. The largest absolute Gasteiger partial charge is 0.396 e. The predicted octanol–water partition coefficient (Wildman–Crippen LogP) is 2.10. The highest BCUT2D eigenvalue weighted by Gasteiger charge is 2.27. The first-order valence-corrected chi connectivity index (χ1v) is 7.18. The van der Waals surface area contributed by atoms with Crippen LogP contribution in [0, 0.1) is 0 Å². The second kappa shape index (κ2) is 6.01. The normalized spacial score (nSPS) is 16.9. The van der Waals surface area contributed by atoms with E-state index in [1.165, 1.54) is 19.3 Å². The van der Waals surface area contributed by atoms with Gasteiger partial charge in [-0.05, 0) is 19.3 Å². The van der Waals surface area contributed by atoms with Crippen LogP contribution in [0.5, 0.6) is 0 Å². The summed E-state index contributed by atoms with van der Waals surface area (Å²) in [6.45, 7) is 8.08. The molecule has 0 bridgehead atoms. The van der Waals surface area contributed by atoms with Crippen molar-refractivity contribution in [1.29, 1.82) is 0 Å². The van der Waals surface area contributed by atoms with Gasteiger partial charge in [-0.1, -0.05) is 32.3 Å². The zero-order valence-corrected chi connectivity index (χ0v) is 12.2. The molecule has 0 amide bonds. The van der Waals surface area contributed by atoms with E-state index in [-0.39, 0.29) is 12.0 Å². The summed E-state index contributed by atoms with van der Waals surface area (Å²) >= 11 is 0. The number of rotatable bonds is 6. The van der Waals surface area contributed by atoms with E-state index < -0.39 is 0 Å². The summed E-state index contributed by atoms with van der Waals surface area (Å²) in [6.07, 6.45) is 4.59. The van der Waals surface area contributed by atoms with Crippen molar-refractivity contribution in [1.82, 2.24) is 15.0 Å². The highest BCUT2D eigenvalue weighted by atomic mass is 16.5. The highest BCUT2D eigenvalue weighted by Crippen LogP contribution is 2.26. The molecular formula is C14H25N3O2. The maximum Gasteiger partial charge on any atom is 0.240 e. The van der Waals surface area contributed by atoms with Crippen molar-refractivity contribution >= 4 is 0 Å². The van der Waals surface area contributed by atoms with Crippen molar-refractivity contribution in [2.45, 2.75) is 64.5 Å². The molecule has 1 aromatic heterocycles. The highest BCUT2D eigenvalue weighted by molar-refractivity contribution is 5.00. The van der Waals surface area contributed by atoms with Crippen LogP contribution in [-0.4, -0.2) is 39.3 Å². The molecule has 0 atom stereocenters. The fourth-order valence-corrected chi connectivity index (χ4v) is 2.21. The van der Waals surface area contributed by atoms with Crippen molar-refractivity contribution < 1.29 is 9.63 Å². The Morgan fingerprint density at radius 3 is 2.58 bits per heavy atom. The van der Waals surface area contributed by atoms with Crippen LogP contribution in [0.25, 0.3) is 0 Å². The quantitative estimate of drug-likeness (QED) is 0.855. The summed E-state index contributed by atoms with van der Waals surface area (Å²) in [6, 6.07) is 0.622. The molecule has 1 aliphatic rings. The van der Waals surface area contributed by atoms with Gasteiger partial charge in [0.2, 0.25) is 5.89 Å². The number of aromatic nitrogens is 2. The Balaban J connectivity index is 1.97. The van der Waals surface area contributed by atoms with E-state index in [0.29, 0.717) is 18.5 Å². The first-order chi connectivity index (χ1) is 9.00. The molecule has 1 heterocycles. The SMILES string of the molecule is CC(C)(C)c1noc(CN(CCCO)C2CCC2)n1. The van der Waals surface area contributed by atoms with Crippen LogP contribution >= 0.6 is 0 Å². The predicted molar refractivity (Wildman–Crippen MR) is 72.7 cm³/mol. The fourth-order valence-electron chi connectivity index (χ4n) is 2.21. The number of aliphatic hydroxyl groups excluding tert-OH is 1. The van der Waals surface area contributed by atoms with E-state index in [0.717, 1.165) is 18.8 Å². The summed E-state index contributed by atoms with van der Waals surface area (Å²) in [5, 5.41) is 13.0. The van der Waals surface area contributed by atoms with Crippen LogP contribution in [0.3, 0.4) is 0 Å². The minimum absolute atomic E-state index is 0.0752. The molecule has 1 fully saturated rings. The van der Waals surface area contributed by atoms with E-state index in [1.54, 1.807) is 0 Å². The topological polar surface area (TPSA) is 62.4 Å². The first-order valence-electron chi connectivity index (χ1n) is 7.18. The van der Waals surface area contributed by atoms with Crippen LogP contribution < -0.4 is 0 Å². The Morgan fingerprint density at radius 1 is 1.37 bits per heavy atom. The van der Waals surface area contributed by atoms with Gasteiger partial charge in [-0.2, -0.15) is 4.98 Å². The van der Waals surface area contributed by atoms with Crippen LogP contribution in [0.1, 0.15) is 58.2 Å². The smallest absolute Gasteiger partial charge is 0.240 e. The summed E-state index contributed by atoms with van der Waals surface area (Å²) in [7, 11) is 0. The summed E-state index contributed by atoms with van der Waals surface area (Å²) in [5.74, 6) is 1.45. The molecule has 0 radical (unpaired) electrons. The maximum absolute atomic E-state index is 8.99. The van der Waals surface area contributed by atoms with Gasteiger partial charge >= 0.3 is 0 Å². The molecule has 0 aromatic carbocycles. The van der Waals surface area contributed by atoms with Crippen LogP contribution in [0.4, 0.5) is 0 Å². The van der Waals surface area contributed by atoms with Gasteiger partial charge in [0.05, 0.1) is 6.54 Å². The van der Waals surface area contributed by atoms with Crippen LogP contribution in [0.15, 0.2) is 4.52 Å². The van der Waals surface area contributed by atoms with Crippen molar-refractivity contribution in [2.24, 2.45) is 0 Å². The third-order valence-corrected chi connectivity index (χ3v) is 3.67. The lowest BCUT2D eigenvalue weighted by Gasteiger charge is -2.36. The Morgan fingerprint density at radius 2 is 2.11 bits per heavy atom. The average Bonchev–Trinajstić information content (AvgIpc) is 2.71. The number of nitrogens with zero attached hydrogens (tertiary/aromatic N) is 3. The third kappa shape index (κ3) is 3.76. The van der Waals surface area contributed by atoms with Gasteiger partial charge in [-0.15, -0.1) is 0 Å². The van der Waals surface area contributed by atoms with E-state index in [2.05, 4.69) is 35.8 Å². The fraction of sp³-hybridized carbons (Fsp3) is 0.857. The van der Waals surface area contributed by atoms with Crippen molar-refractivity contribution in [3.8, 4) is 0 Å². The summed E-state index contributed by atoms with van der Waals surface area (Å²) in [4.78, 5) is 6.85. The lowest BCUT2D eigenvalue weighted by molar-refractivity contribution is 0.0969. The minimum Gasteiger partial charge on any atom is -0.396 e. The lowest BCUT2D eigenvalue weighted by atomic mass is 9.91. The van der Waals surface area contributed by atoms with E-state index in [4.69, 9.17) is 9.63 Å². The van der Waals surface area contributed by atoms with Gasteiger partial charge in [0, 0.05) is 24.6 Å². The molecule has 5 nitrogen and oxygen atoms in total. The Kier molecular flexibility index (Phi) is 4.58. The third-order valence-electron chi connectivity index (χ3n) is 3.67. The molecular weight excluding hydrogens is 242 g/mol. The summed E-state index contributed by atoms with van der Waals surface area (Å²) < 4.78 is 5.36. The average molecular weight is 267 g/mol. The Labute approximate surface area is 115 Å². The van der Waals surface area contributed by atoms with Crippen molar-refractivity contribution in [3.05, 3.63) is 11.7 Å². The standard InChI is InChI=1S/C14H25N3O2/c1-14(2,3)13-15-12(19-16-13)10-17(8-5-9-18)11-6-4-7-11/h11,18H,4-10H2,1-3H3. The lowest BCUT2D eigenvalue weighted by Crippen LogP contribution is -2.40. The van der Waals surface area contributed by atoms with Gasteiger partial charge in [0.1, 0.15) is 0 Å². The maximum atomic E-state index is 8.99. The zero-order valence-electron chi connectivity index (χ0n) is 12.2. The van der Waals surface area contributed by atoms with Gasteiger partial charge in [0.15, 0.2) is 5.82 Å². The molecule has 1 aromatic rings. The minimum atomic E-state index is -0.0752. The molecule has 0 unspecified atom stereocenters. The zero-order chi connectivity index (χ0) is 13.9. The van der Waals surface area contributed by atoms with Gasteiger partial charge in [0.25, 0.3) is 0 Å². The second-order valence-electron chi connectivity index (χ2n) is 6.39. The van der Waals surface area contributed by atoms with E-state index in [9.17, 15) is 0 Å². The molecule has 0 spiro atoms. The van der Waals surface area contributed by atoms with Gasteiger partial charge < -0.3 is 9.63 Å². The van der Waals surface area contributed by atoms with Gasteiger partial charge in [-0.25, -0.2) is 0 Å². The van der Waals surface area contributed by atoms with Crippen LogP contribution in [-0.2, 0) is 12.0 Å². The molecule has 108 valence electrons. The molecule has 1 N–H and O–H groups in total.